The molecule has 0 fully saturated rings. The normalized spacial score (nSPS) is 11.3. The van der Waals surface area contributed by atoms with Crippen molar-refractivity contribution in [2.75, 3.05) is 14.1 Å². The molecule has 0 saturated heterocycles. The van der Waals surface area contributed by atoms with Crippen LogP contribution in [0.25, 0.3) is 0 Å². The van der Waals surface area contributed by atoms with E-state index in [1.807, 2.05) is 18.2 Å². The van der Waals surface area contributed by atoms with Gasteiger partial charge in [0.15, 0.2) is 0 Å². The highest BCUT2D eigenvalue weighted by Gasteiger charge is 2.23. The molecule has 2 aromatic rings. The summed E-state index contributed by atoms with van der Waals surface area (Å²) in [7, 11) is 5.15. The highest BCUT2D eigenvalue weighted by atomic mass is 16.2. The Balaban J connectivity index is 2.13. The monoisotopic (exact) mass is 342 g/mol. The highest BCUT2D eigenvalue weighted by Crippen LogP contribution is 2.22. The van der Waals surface area contributed by atoms with Crippen LogP contribution in [0.5, 0.6) is 0 Å². The first-order chi connectivity index (χ1) is 11.6. The summed E-state index contributed by atoms with van der Waals surface area (Å²) in [6.07, 6.45) is 0. The number of nitrogens with zero attached hydrogens (tertiary/aromatic N) is 3. The maximum absolute atomic E-state index is 12.7. The lowest BCUT2D eigenvalue weighted by Gasteiger charge is -2.17. The number of carbonyl (C=O) groups excluding carboxylic acids is 2. The number of carbonyl (C=O) groups is 2. The summed E-state index contributed by atoms with van der Waals surface area (Å²) in [4.78, 5) is 26.0. The zero-order valence-electron chi connectivity index (χ0n) is 15.8. The average molecular weight is 342 g/mol. The lowest BCUT2D eigenvalue weighted by molar-refractivity contribution is 0.0773. The van der Waals surface area contributed by atoms with Gasteiger partial charge in [0, 0.05) is 38.7 Å². The number of aryl methyl sites for hydroxylation is 1. The minimum Gasteiger partial charge on any atom is -0.355 e. The summed E-state index contributed by atoms with van der Waals surface area (Å²) in [6.45, 7) is 6.67. The molecule has 2 amide bonds. The van der Waals surface area contributed by atoms with E-state index in [4.69, 9.17) is 0 Å². The van der Waals surface area contributed by atoms with Crippen molar-refractivity contribution in [3.8, 4) is 0 Å². The third-order valence-electron chi connectivity index (χ3n) is 4.08. The number of rotatable bonds is 4. The minimum absolute atomic E-state index is 0.0825. The Morgan fingerprint density at radius 1 is 1.20 bits per heavy atom. The van der Waals surface area contributed by atoms with Crippen molar-refractivity contribution in [1.29, 1.82) is 0 Å². The second kappa shape index (κ2) is 7.09. The lowest BCUT2D eigenvalue weighted by Crippen LogP contribution is -2.28. The van der Waals surface area contributed by atoms with Crippen molar-refractivity contribution in [2.45, 2.75) is 32.7 Å². The second-order valence-electron chi connectivity index (χ2n) is 7.23. The van der Waals surface area contributed by atoms with Gasteiger partial charge in [-0.2, -0.15) is 5.10 Å². The van der Waals surface area contributed by atoms with Crippen molar-refractivity contribution in [3.63, 3.8) is 0 Å². The van der Waals surface area contributed by atoms with E-state index in [1.165, 1.54) is 0 Å². The van der Waals surface area contributed by atoms with Crippen LogP contribution in [0.15, 0.2) is 30.3 Å². The number of nitrogens with one attached hydrogen (secondary N) is 1. The molecule has 1 aromatic carbocycles. The van der Waals surface area contributed by atoms with Gasteiger partial charge in [-0.3, -0.25) is 14.3 Å². The molecule has 0 atom stereocenters. The van der Waals surface area contributed by atoms with Crippen LogP contribution in [0.2, 0.25) is 0 Å². The summed E-state index contributed by atoms with van der Waals surface area (Å²) in [5.74, 6) is -0.207. The Labute approximate surface area is 148 Å². The SMILES string of the molecule is CNC(=O)c1ccc(CN(C)C(=O)c2cc(C(C)(C)C)nn2C)cc1. The van der Waals surface area contributed by atoms with E-state index in [1.54, 1.807) is 42.9 Å². The number of amides is 2. The molecule has 6 heteroatoms. The molecule has 0 aliphatic heterocycles. The number of benzene rings is 1. The Morgan fingerprint density at radius 3 is 2.28 bits per heavy atom. The molecule has 0 bridgehead atoms. The average Bonchev–Trinajstić information content (AvgIpc) is 2.96. The number of hydrogen-bond acceptors (Lipinski definition) is 3. The van der Waals surface area contributed by atoms with Gasteiger partial charge in [0.1, 0.15) is 5.69 Å². The lowest BCUT2D eigenvalue weighted by atomic mass is 9.92. The van der Waals surface area contributed by atoms with Crippen LogP contribution in [0.3, 0.4) is 0 Å². The van der Waals surface area contributed by atoms with Gasteiger partial charge in [-0.15, -0.1) is 0 Å². The predicted octanol–water partition coefficient (Wildman–Crippen LogP) is 2.35. The summed E-state index contributed by atoms with van der Waals surface area (Å²) < 4.78 is 1.63. The molecule has 0 aliphatic carbocycles. The third kappa shape index (κ3) is 4.26. The molecule has 1 heterocycles. The first-order valence-electron chi connectivity index (χ1n) is 8.24. The van der Waals surface area contributed by atoms with Crippen LogP contribution in [0, 0.1) is 0 Å². The summed E-state index contributed by atoms with van der Waals surface area (Å²) in [6, 6.07) is 9.09. The van der Waals surface area contributed by atoms with Crippen LogP contribution in [0.1, 0.15) is 52.9 Å². The topological polar surface area (TPSA) is 67.2 Å². The van der Waals surface area contributed by atoms with Crippen LogP contribution in [-0.4, -0.2) is 40.6 Å². The van der Waals surface area contributed by atoms with Gasteiger partial charge in [-0.25, -0.2) is 0 Å². The molecule has 25 heavy (non-hydrogen) atoms. The molecule has 0 aliphatic rings. The standard InChI is InChI=1S/C19H26N4O2/c1-19(2,3)16-11-15(23(6)21-16)18(25)22(5)12-13-7-9-14(10-8-13)17(24)20-4/h7-11H,12H2,1-6H3,(H,20,24). The Bertz CT molecular complexity index is 770. The number of aromatic nitrogens is 2. The van der Waals surface area contributed by atoms with Gasteiger partial charge in [-0.05, 0) is 23.8 Å². The zero-order valence-corrected chi connectivity index (χ0v) is 15.8. The van der Waals surface area contributed by atoms with E-state index >= 15 is 0 Å². The van der Waals surface area contributed by atoms with Crippen LogP contribution < -0.4 is 5.32 Å². The quantitative estimate of drug-likeness (QED) is 0.927. The first kappa shape index (κ1) is 18.7. The van der Waals surface area contributed by atoms with Gasteiger partial charge in [-0.1, -0.05) is 32.9 Å². The van der Waals surface area contributed by atoms with Crippen molar-refractivity contribution < 1.29 is 9.59 Å². The van der Waals surface area contributed by atoms with E-state index in [0.29, 0.717) is 17.8 Å². The zero-order chi connectivity index (χ0) is 18.8. The highest BCUT2D eigenvalue weighted by molar-refractivity contribution is 5.94. The van der Waals surface area contributed by atoms with Crippen LogP contribution in [-0.2, 0) is 19.0 Å². The molecule has 0 radical (unpaired) electrons. The number of hydrogen-bond donors (Lipinski definition) is 1. The van der Waals surface area contributed by atoms with Crippen molar-refractivity contribution in [2.24, 2.45) is 7.05 Å². The van der Waals surface area contributed by atoms with Gasteiger partial charge in [0.2, 0.25) is 0 Å². The molecule has 0 spiro atoms. The molecule has 6 nitrogen and oxygen atoms in total. The largest absolute Gasteiger partial charge is 0.355 e. The predicted molar refractivity (Wildman–Crippen MR) is 97.5 cm³/mol. The fourth-order valence-electron chi connectivity index (χ4n) is 2.48. The van der Waals surface area contributed by atoms with Crippen molar-refractivity contribution in [1.82, 2.24) is 20.0 Å². The molecule has 0 unspecified atom stereocenters. The molecule has 1 N–H and O–H groups in total. The molecular weight excluding hydrogens is 316 g/mol. The fraction of sp³-hybridized carbons (Fsp3) is 0.421. The fourth-order valence-corrected chi connectivity index (χ4v) is 2.48. The van der Waals surface area contributed by atoms with E-state index in [0.717, 1.165) is 11.3 Å². The molecule has 1 aromatic heterocycles. The van der Waals surface area contributed by atoms with Gasteiger partial charge in [0.05, 0.1) is 5.69 Å². The van der Waals surface area contributed by atoms with Gasteiger partial charge >= 0.3 is 0 Å². The molecule has 134 valence electrons. The van der Waals surface area contributed by atoms with Crippen molar-refractivity contribution >= 4 is 11.8 Å². The second-order valence-corrected chi connectivity index (χ2v) is 7.23. The Hall–Kier alpha value is -2.63. The van der Waals surface area contributed by atoms with E-state index < -0.39 is 0 Å². The molecular formula is C19H26N4O2. The van der Waals surface area contributed by atoms with Crippen molar-refractivity contribution in [3.05, 3.63) is 52.8 Å². The maximum Gasteiger partial charge on any atom is 0.272 e. The molecule has 0 saturated carbocycles. The van der Waals surface area contributed by atoms with Crippen LogP contribution >= 0.6 is 0 Å². The summed E-state index contributed by atoms with van der Waals surface area (Å²) in [5, 5.41) is 7.05. The van der Waals surface area contributed by atoms with E-state index in [2.05, 4.69) is 31.2 Å². The van der Waals surface area contributed by atoms with Gasteiger partial charge < -0.3 is 10.2 Å². The van der Waals surface area contributed by atoms with E-state index in [-0.39, 0.29) is 17.2 Å². The minimum atomic E-state index is -0.124. The Morgan fingerprint density at radius 2 is 1.80 bits per heavy atom. The first-order valence-corrected chi connectivity index (χ1v) is 8.24. The maximum atomic E-state index is 12.7. The smallest absolute Gasteiger partial charge is 0.272 e. The van der Waals surface area contributed by atoms with E-state index in [9.17, 15) is 9.59 Å². The Kier molecular flexibility index (Phi) is 5.30. The third-order valence-corrected chi connectivity index (χ3v) is 4.08. The van der Waals surface area contributed by atoms with Gasteiger partial charge in [0.25, 0.3) is 11.8 Å². The summed E-state index contributed by atoms with van der Waals surface area (Å²) >= 11 is 0. The summed E-state index contributed by atoms with van der Waals surface area (Å²) in [5.41, 5.74) is 2.91. The molecule has 2 rings (SSSR count). The van der Waals surface area contributed by atoms with Crippen LogP contribution in [0.4, 0.5) is 0 Å².